The Hall–Kier alpha value is -2.14. The van der Waals surface area contributed by atoms with E-state index in [0.29, 0.717) is 6.54 Å². The summed E-state index contributed by atoms with van der Waals surface area (Å²) in [6, 6.07) is 9.91. The minimum atomic E-state index is -0.0457. The van der Waals surface area contributed by atoms with Gasteiger partial charge in [0, 0.05) is 38.1 Å². The lowest BCUT2D eigenvalue weighted by Gasteiger charge is -2.35. The van der Waals surface area contributed by atoms with Gasteiger partial charge in [0.1, 0.15) is 5.82 Å². The number of hydrogen-bond donors (Lipinski definition) is 1. The number of carbonyl (C=O) groups is 1. The van der Waals surface area contributed by atoms with Crippen LogP contribution in [0.25, 0.3) is 10.9 Å². The van der Waals surface area contributed by atoms with Crippen molar-refractivity contribution >= 4 is 22.6 Å². The summed E-state index contributed by atoms with van der Waals surface area (Å²) in [6.45, 7) is 1.49. The van der Waals surface area contributed by atoms with Gasteiger partial charge >= 0.3 is 0 Å². The number of rotatable bonds is 3. The summed E-state index contributed by atoms with van der Waals surface area (Å²) >= 11 is 0. The van der Waals surface area contributed by atoms with Gasteiger partial charge in [-0.05, 0) is 25.0 Å². The molecule has 3 rings (SSSR count). The first-order valence-electron chi connectivity index (χ1n) is 8.06. The zero-order valence-electron chi connectivity index (χ0n) is 13.7. The lowest BCUT2D eigenvalue weighted by atomic mass is 9.96. The van der Waals surface area contributed by atoms with Crippen molar-refractivity contribution in [1.29, 1.82) is 0 Å². The number of piperidine rings is 1. The molecule has 1 saturated heterocycles. The molecule has 0 bridgehead atoms. The molecule has 1 aliphatic rings. The average Bonchev–Trinajstić information content (AvgIpc) is 2.59. The number of nitrogens with zero attached hydrogens (tertiary/aromatic N) is 3. The van der Waals surface area contributed by atoms with Gasteiger partial charge in [-0.15, -0.1) is 0 Å². The van der Waals surface area contributed by atoms with E-state index in [1.165, 1.54) is 0 Å². The zero-order chi connectivity index (χ0) is 16.4. The standard InChI is InChI=1S/C18H23N3O2/c1-20(2)18(23)14-7-5-9-21(11-14)17-15(12-22)10-13-6-3-4-8-16(13)19-17/h3-4,6,8,10,14,22H,5,7,9,11-12H2,1-2H3. The lowest BCUT2D eigenvalue weighted by molar-refractivity contribution is -0.133. The Balaban J connectivity index is 1.93. The Kier molecular flexibility index (Phi) is 4.48. The van der Waals surface area contributed by atoms with Crippen molar-refractivity contribution in [3.8, 4) is 0 Å². The maximum Gasteiger partial charge on any atom is 0.226 e. The second-order valence-corrected chi connectivity index (χ2v) is 6.34. The molecular weight excluding hydrogens is 290 g/mol. The van der Waals surface area contributed by atoms with Crippen molar-refractivity contribution in [3.63, 3.8) is 0 Å². The van der Waals surface area contributed by atoms with E-state index in [0.717, 1.165) is 41.7 Å². The van der Waals surface area contributed by atoms with Gasteiger partial charge in [-0.2, -0.15) is 0 Å². The van der Waals surface area contributed by atoms with E-state index in [9.17, 15) is 9.90 Å². The normalized spacial score (nSPS) is 18.2. The van der Waals surface area contributed by atoms with Crippen molar-refractivity contribution in [2.75, 3.05) is 32.1 Å². The van der Waals surface area contributed by atoms with E-state index in [2.05, 4.69) is 4.90 Å². The molecule has 1 atom stereocenters. The van der Waals surface area contributed by atoms with E-state index >= 15 is 0 Å². The highest BCUT2D eigenvalue weighted by Crippen LogP contribution is 2.28. The quantitative estimate of drug-likeness (QED) is 0.942. The molecule has 1 aliphatic heterocycles. The number of aliphatic hydroxyl groups excluding tert-OH is 1. The molecule has 2 heterocycles. The van der Waals surface area contributed by atoms with Crippen molar-refractivity contribution < 1.29 is 9.90 Å². The summed E-state index contributed by atoms with van der Waals surface area (Å²) < 4.78 is 0. The Morgan fingerprint density at radius 2 is 2.17 bits per heavy atom. The fraction of sp³-hybridized carbons (Fsp3) is 0.444. The van der Waals surface area contributed by atoms with Gasteiger partial charge < -0.3 is 14.9 Å². The van der Waals surface area contributed by atoms with Gasteiger partial charge in [0.05, 0.1) is 18.0 Å². The Labute approximate surface area is 136 Å². The minimum Gasteiger partial charge on any atom is -0.392 e. The van der Waals surface area contributed by atoms with Gasteiger partial charge in [-0.25, -0.2) is 4.98 Å². The predicted molar refractivity (Wildman–Crippen MR) is 91.3 cm³/mol. The highest BCUT2D eigenvalue weighted by Gasteiger charge is 2.28. The van der Waals surface area contributed by atoms with Crippen LogP contribution in [0.2, 0.25) is 0 Å². The first-order valence-corrected chi connectivity index (χ1v) is 8.06. The molecule has 5 heteroatoms. The third-order valence-electron chi connectivity index (χ3n) is 4.46. The second kappa shape index (κ2) is 6.54. The highest BCUT2D eigenvalue weighted by molar-refractivity contribution is 5.82. The third-order valence-corrected chi connectivity index (χ3v) is 4.46. The number of aromatic nitrogens is 1. The average molecular weight is 313 g/mol. The monoisotopic (exact) mass is 313 g/mol. The van der Waals surface area contributed by atoms with Crippen LogP contribution in [0.1, 0.15) is 18.4 Å². The Bertz CT molecular complexity index is 714. The first-order chi connectivity index (χ1) is 11.1. The van der Waals surface area contributed by atoms with Crippen LogP contribution in [-0.4, -0.2) is 48.1 Å². The molecule has 1 N–H and O–H groups in total. The maximum absolute atomic E-state index is 12.3. The van der Waals surface area contributed by atoms with Crippen LogP contribution in [0, 0.1) is 5.92 Å². The lowest BCUT2D eigenvalue weighted by Crippen LogP contribution is -2.43. The number of amides is 1. The second-order valence-electron chi connectivity index (χ2n) is 6.34. The molecule has 0 radical (unpaired) electrons. The number of carbonyl (C=O) groups excluding carboxylic acids is 1. The minimum absolute atomic E-state index is 0.00133. The highest BCUT2D eigenvalue weighted by atomic mass is 16.3. The Morgan fingerprint density at radius 1 is 1.39 bits per heavy atom. The van der Waals surface area contributed by atoms with Crippen LogP contribution in [0.15, 0.2) is 30.3 Å². The smallest absolute Gasteiger partial charge is 0.226 e. The molecule has 5 nitrogen and oxygen atoms in total. The largest absolute Gasteiger partial charge is 0.392 e. The topological polar surface area (TPSA) is 56.7 Å². The molecule has 0 aliphatic carbocycles. The summed E-state index contributed by atoms with van der Waals surface area (Å²) in [5.41, 5.74) is 1.74. The number of pyridine rings is 1. The molecule has 1 unspecified atom stereocenters. The van der Waals surface area contributed by atoms with Crippen LogP contribution in [0.3, 0.4) is 0 Å². The molecule has 2 aromatic rings. The molecule has 0 saturated carbocycles. The number of para-hydroxylation sites is 1. The molecule has 0 spiro atoms. The summed E-state index contributed by atoms with van der Waals surface area (Å²) in [6.07, 6.45) is 1.87. The molecule has 23 heavy (non-hydrogen) atoms. The van der Waals surface area contributed by atoms with Crippen LogP contribution in [0.5, 0.6) is 0 Å². The molecule has 1 aromatic carbocycles. The van der Waals surface area contributed by atoms with E-state index in [1.54, 1.807) is 19.0 Å². The van der Waals surface area contributed by atoms with Gasteiger partial charge in [-0.3, -0.25) is 4.79 Å². The van der Waals surface area contributed by atoms with Gasteiger partial charge in [0.2, 0.25) is 5.91 Å². The van der Waals surface area contributed by atoms with Crippen molar-refractivity contribution in [2.45, 2.75) is 19.4 Å². The number of benzene rings is 1. The van der Waals surface area contributed by atoms with E-state index in [4.69, 9.17) is 4.98 Å². The number of hydrogen-bond acceptors (Lipinski definition) is 4. The molecule has 1 amide bonds. The summed E-state index contributed by atoms with van der Waals surface area (Å²) in [5, 5.41) is 10.8. The third kappa shape index (κ3) is 3.15. The van der Waals surface area contributed by atoms with E-state index in [-0.39, 0.29) is 18.4 Å². The number of aliphatic hydroxyl groups is 1. The predicted octanol–water partition coefficient (Wildman–Crippen LogP) is 2.03. The molecular formula is C18H23N3O2. The van der Waals surface area contributed by atoms with Gasteiger partial charge in [0.25, 0.3) is 0 Å². The summed E-state index contributed by atoms with van der Waals surface area (Å²) in [5.74, 6) is 0.974. The fourth-order valence-corrected chi connectivity index (χ4v) is 3.28. The van der Waals surface area contributed by atoms with Gasteiger partial charge in [-0.1, -0.05) is 18.2 Å². The summed E-state index contributed by atoms with van der Waals surface area (Å²) in [7, 11) is 3.60. The SMILES string of the molecule is CN(C)C(=O)C1CCCN(c2nc3ccccc3cc2CO)C1. The van der Waals surface area contributed by atoms with Crippen LogP contribution >= 0.6 is 0 Å². The zero-order valence-corrected chi connectivity index (χ0v) is 13.7. The Morgan fingerprint density at radius 3 is 2.91 bits per heavy atom. The maximum atomic E-state index is 12.3. The number of fused-ring (bicyclic) bond motifs is 1. The van der Waals surface area contributed by atoms with Gasteiger partial charge in [0.15, 0.2) is 0 Å². The first kappa shape index (κ1) is 15.7. The summed E-state index contributed by atoms with van der Waals surface area (Å²) in [4.78, 5) is 20.8. The van der Waals surface area contributed by atoms with E-state index in [1.807, 2.05) is 30.3 Å². The van der Waals surface area contributed by atoms with Crippen molar-refractivity contribution in [2.24, 2.45) is 5.92 Å². The fourth-order valence-electron chi connectivity index (χ4n) is 3.28. The van der Waals surface area contributed by atoms with Crippen LogP contribution in [0.4, 0.5) is 5.82 Å². The number of anilines is 1. The van der Waals surface area contributed by atoms with E-state index < -0.39 is 0 Å². The molecule has 1 fully saturated rings. The van der Waals surface area contributed by atoms with Crippen LogP contribution in [-0.2, 0) is 11.4 Å². The molecule has 1 aromatic heterocycles. The van der Waals surface area contributed by atoms with Crippen molar-refractivity contribution in [3.05, 3.63) is 35.9 Å². The van der Waals surface area contributed by atoms with Crippen LogP contribution < -0.4 is 4.90 Å². The molecule has 122 valence electrons. The van der Waals surface area contributed by atoms with Crippen molar-refractivity contribution in [1.82, 2.24) is 9.88 Å².